The van der Waals surface area contributed by atoms with Crippen LogP contribution in [0.1, 0.15) is 16.7 Å². The molecule has 1 saturated heterocycles. The molecule has 2 aromatic heterocycles. The summed E-state index contributed by atoms with van der Waals surface area (Å²) in [5.41, 5.74) is 6.81. The molecule has 4 aromatic rings. The van der Waals surface area contributed by atoms with Gasteiger partial charge in [0.1, 0.15) is 16.1 Å². The van der Waals surface area contributed by atoms with E-state index in [1.807, 2.05) is 42.5 Å². The van der Waals surface area contributed by atoms with E-state index in [1.54, 1.807) is 12.3 Å². The van der Waals surface area contributed by atoms with Crippen molar-refractivity contribution in [2.24, 2.45) is 0 Å². The molecule has 2 N–H and O–H groups in total. The Balaban J connectivity index is 1.26. The Bertz CT molecular complexity index is 1480. The minimum absolute atomic E-state index is 0.125. The fraction of sp³-hybridized carbons (Fsp3) is 0.214. The van der Waals surface area contributed by atoms with Crippen molar-refractivity contribution in [3.63, 3.8) is 0 Å². The van der Waals surface area contributed by atoms with Crippen molar-refractivity contribution < 1.29 is 9.47 Å². The second-order valence-corrected chi connectivity index (χ2v) is 9.76. The third kappa shape index (κ3) is 4.74. The smallest absolute Gasteiger partial charge is 0.250 e. The molecule has 2 aromatic carbocycles. The van der Waals surface area contributed by atoms with Gasteiger partial charge in [0.05, 0.1) is 18.9 Å². The summed E-state index contributed by atoms with van der Waals surface area (Å²) in [5.74, 6) is 1.63. The van der Waals surface area contributed by atoms with Gasteiger partial charge in [0, 0.05) is 60.8 Å². The molecule has 0 radical (unpaired) electrons. The van der Waals surface area contributed by atoms with Crippen LogP contribution in [0.2, 0.25) is 0 Å². The van der Waals surface area contributed by atoms with Crippen LogP contribution in [0.3, 0.4) is 0 Å². The molecule has 7 nitrogen and oxygen atoms in total. The van der Waals surface area contributed by atoms with Gasteiger partial charge < -0.3 is 24.7 Å². The molecule has 182 valence electrons. The highest BCUT2D eigenvalue weighted by atomic mass is 79.9. The largest absolute Gasteiger partial charge is 0.456 e. The van der Waals surface area contributed by atoms with Gasteiger partial charge in [0.2, 0.25) is 5.56 Å². The Morgan fingerprint density at radius 2 is 1.92 bits per heavy atom. The average Bonchev–Trinajstić information content (AvgIpc) is 2.90. The van der Waals surface area contributed by atoms with Gasteiger partial charge in [-0.25, -0.2) is 4.98 Å². The molecule has 2 aliphatic rings. The van der Waals surface area contributed by atoms with E-state index in [9.17, 15) is 4.79 Å². The van der Waals surface area contributed by atoms with Crippen molar-refractivity contribution in [3.05, 3.63) is 98.5 Å². The lowest BCUT2D eigenvalue weighted by atomic mass is 9.96. The molecule has 0 atom stereocenters. The van der Waals surface area contributed by atoms with Crippen LogP contribution in [-0.2, 0) is 17.7 Å². The van der Waals surface area contributed by atoms with Gasteiger partial charge in [-0.3, -0.25) is 4.79 Å². The van der Waals surface area contributed by atoms with Crippen molar-refractivity contribution >= 4 is 27.3 Å². The van der Waals surface area contributed by atoms with Gasteiger partial charge in [-0.15, -0.1) is 0 Å². The summed E-state index contributed by atoms with van der Waals surface area (Å²) in [6.45, 7) is 3.58. The van der Waals surface area contributed by atoms with Crippen LogP contribution in [0.25, 0.3) is 11.3 Å². The molecule has 6 rings (SSSR count). The molecule has 4 heterocycles. The van der Waals surface area contributed by atoms with Gasteiger partial charge >= 0.3 is 0 Å². The SMILES string of the molecule is O=c1cc(N2CCOCC2)cc(-c2cccc3c2Oc2ccc(NCc4ccnc(Br)c4)cc2C3)[nH]1. The van der Waals surface area contributed by atoms with Crippen LogP contribution >= 0.6 is 15.9 Å². The summed E-state index contributed by atoms with van der Waals surface area (Å²) in [5, 5.41) is 3.49. The molecule has 0 aliphatic carbocycles. The Labute approximate surface area is 217 Å². The van der Waals surface area contributed by atoms with Crippen molar-refractivity contribution in [3.8, 4) is 22.8 Å². The number of pyridine rings is 2. The Kier molecular flexibility index (Phi) is 6.21. The zero-order valence-electron chi connectivity index (χ0n) is 19.6. The van der Waals surface area contributed by atoms with Crippen LogP contribution < -0.4 is 20.5 Å². The van der Waals surface area contributed by atoms with Crippen molar-refractivity contribution in [1.82, 2.24) is 9.97 Å². The number of ether oxygens (including phenoxy) is 2. The second kappa shape index (κ2) is 9.79. The van der Waals surface area contributed by atoms with Crippen LogP contribution in [0, 0.1) is 0 Å². The molecule has 2 aliphatic heterocycles. The molecule has 0 saturated carbocycles. The van der Waals surface area contributed by atoms with Crippen LogP contribution in [-0.4, -0.2) is 36.3 Å². The van der Waals surface area contributed by atoms with Gasteiger partial charge in [-0.1, -0.05) is 12.1 Å². The van der Waals surface area contributed by atoms with E-state index in [0.717, 1.165) is 74.9 Å². The topological polar surface area (TPSA) is 79.5 Å². The van der Waals surface area contributed by atoms with Crippen molar-refractivity contribution in [2.75, 3.05) is 36.5 Å². The molecule has 36 heavy (non-hydrogen) atoms. The highest BCUT2D eigenvalue weighted by molar-refractivity contribution is 9.10. The minimum atomic E-state index is -0.125. The number of hydrogen-bond acceptors (Lipinski definition) is 6. The van der Waals surface area contributed by atoms with Crippen LogP contribution in [0.15, 0.2) is 76.3 Å². The predicted molar refractivity (Wildman–Crippen MR) is 144 cm³/mol. The normalized spacial score (nSPS) is 14.5. The first kappa shape index (κ1) is 22.8. The summed E-state index contributed by atoms with van der Waals surface area (Å²) in [4.78, 5) is 21.9. The van der Waals surface area contributed by atoms with Crippen LogP contribution in [0.5, 0.6) is 11.5 Å². The summed E-state index contributed by atoms with van der Waals surface area (Å²) < 4.78 is 12.7. The third-order valence-corrected chi connectivity index (χ3v) is 6.97. The van der Waals surface area contributed by atoms with E-state index in [4.69, 9.17) is 9.47 Å². The maximum Gasteiger partial charge on any atom is 0.250 e. The molecular weight excluding hydrogens is 520 g/mol. The zero-order valence-corrected chi connectivity index (χ0v) is 21.2. The first-order chi connectivity index (χ1) is 17.6. The quantitative estimate of drug-likeness (QED) is 0.290. The summed E-state index contributed by atoms with van der Waals surface area (Å²) >= 11 is 3.42. The summed E-state index contributed by atoms with van der Waals surface area (Å²) in [6.07, 6.45) is 2.54. The molecule has 0 spiro atoms. The molecule has 0 bridgehead atoms. The van der Waals surface area contributed by atoms with Gasteiger partial charge in [-0.2, -0.15) is 0 Å². The maximum absolute atomic E-state index is 12.5. The number of benzene rings is 2. The van der Waals surface area contributed by atoms with E-state index in [0.29, 0.717) is 19.8 Å². The summed E-state index contributed by atoms with van der Waals surface area (Å²) in [6, 6.07) is 20.0. The van der Waals surface area contributed by atoms with Crippen LogP contribution in [0.4, 0.5) is 11.4 Å². The monoisotopic (exact) mass is 544 g/mol. The molecule has 8 heteroatoms. The number of anilines is 2. The number of nitrogens with zero attached hydrogens (tertiary/aromatic N) is 2. The van der Waals surface area contributed by atoms with Gasteiger partial charge in [0.15, 0.2) is 0 Å². The van der Waals surface area contributed by atoms with E-state index in [1.165, 1.54) is 0 Å². The number of aromatic nitrogens is 2. The number of nitrogens with one attached hydrogen (secondary N) is 2. The standard InChI is InChI=1S/C28H25BrN4O3/c29-26-12-18(6-7-30-26)17-31-21-4-5-25-20(14-21)13-19-2-1-3-23(28(19)36-25)24-15-22(16-27(34)32-24)33-8-10-35-11-9-33/h1-7,12,14-16,31H,8-11,13,17H2,(H,32,34). The predicted octanol–water partition coefficient (Wildman–Crippen LogP) is 5.34. The van der Waals surface area contributed by atoms with Crippen molar-refractivity contribution in [2.45, 2.75) is 13.0 Å². The Morgan fingerprint density at radius 3 is 2.78 bits per heavy atom. The first-order valence-electron chi connectivity index (χ1n) is 12.0. The maximum atomic E-state index is 12.5. The highest BCUT2D eigenvalue weighted by Gasteiger charge is 2.22. The fourth-order valence-corrected chi connectivity index (χ4v) is 5.15. The number of fused-ring (bicyclic) bond motifs is 2. The first-order valence-corrected chi connectivity index (χ1v) is 12.8. The lowest BCUT2D eigenvalue weighted by Crippen LogP contribution is -2.36. The second-order valence-electron chi connectivity index (χ2n) is 8.95. The molecule has 0 amide bonds. The lowest BCUT2D eigenvalue weighted by molar-refractivity contribution is 0.122. The number of halogens is 1. The van der Waals surface area contributed by atoms with E-state index < -0.39 is 0 Å². The zero-order chi connectivity index (χ0) is 24.5. The number of aromatic amines is 1. The number of H-pyrrole nitrogens is 1. The number of hydrogen-bond donors (Lipinski definition) is 2. The van der Waals surface area contributed by atoms with Crippen molar-refractivity contribution in [1.29, 1.82) is 0 Å². The van der Waals surface area contributed by atoms with E-state index in [2.05, 4.69) is 48.2 Å². The molecule has 1 fully saturated rings. The Hall–Kier alpha value is -3.62. The van der Waals surface area contributed by atoms with Gasteiger partial charge in [-0.05, 0) is 69.5 Å². The lowest BCUT2D eigenvalue weighted by Gasteiger charge is -2.29. The third-order valence-electron chi connectivity index (χ3n) is 6.53. The molecular formula is C28H25BrN4O3. The summed E-state index contributed by atoms with van der Waals surface area (Å²) in [7, 11) is 0. The highest BCUT2D eigenvalue weighted by Crippen LogP contribution is 2.43. The van der Waals surface area contributed by atoms with Gasteiger partial charge in [0.25, 0.3) is 0 Å². The molecule has 0 unspecified atom stereocenters. The van der Waals surface area contributed by atoms with E-state index >= 15 is 0 Å². The number of morpholine rings is 1. The number of rotatable bonds is 5. The fourth-order valence-electron chi connectivity index (χ4n) is 4.73. The average molecular weight is 545 g/mol. The minimum Gasteiger partial charge on any atom is -0.456 e. The Morgan fingerprint density at radius 1 is 1.03 bits per heavy atom. The number of para-hydroxylation sites is 1. The van der Waals surface area contributed by atoms with E-state index in [-0.39, 0.29) is 5.56 Å².